The first-order valence-corrected chi connectivity index (χ1v) is 13.6. The van der Waals surface area contributed by atoms with E-state index < -0.39 is 16.1 Å². The Hall–Kier alpha value is -3.07. The SMILES string of the molecule is CCOC(=O)Cc1ccccc1OCc1cc(-c2csc(C=N[S+]([O-])C(C)(C)C)c2)c2occc2c1. The highest BCUT2D eigenvalue weighted by Gasteiger charge is 2.26. The minimum atomic E-state index is -1.31. The zero-order chi connectivity index (χ0) is 25.7. The molecule has 4 rings (SSSR count). The topological polar surface area (TPSA) is 84.1 Å². The van der Waals surface area contributed by atoms with Gasteiger partial charge in [0, 0.05) is 16.5 Å². The van der Waals surface area contributed by atoms with Gasteiger partial charge in [0.2, 0.25) is 0 Å². The summed E-state index contributed by atoms with van der Waals surface area (Å²) in [5.74, 6) is 0.374. The van der Waals surface area contributed by atoms with Crippen LogP contribution in [0.2, 0.25) is 0 Å². The summed E-state index contributed by atoms with van der Waals surface area (Å²) in [6.45, 7) is 8.17. The third kappa shape index (κ3) is 6.37. The van der Waals surface area contributed by atoms with Crippen molar-refractivity contribution in [1.82, 2.24) is 0 Å². The molecule has 36 heavy (non-hydrogen) atoms. The average molecular weight is 524 g/mol. The van der Waals surface area contributed by atoms with Crippen molar-refractivity contribution >= 4 is 45.9 Å². The number of hydrogen-bond acceptors (Lipinski definition) is 7. The second-order valence-corrected chi connectivity index (χ2v) is 12.1. The Morgan fingerprint density at radius 3 is 2.78 bits per heavy atom. The minimum absolute atomic E-state index is 0.162. The predicted octanol–water partition coefficient (Wildman–Crippen LogP) is 6.73. The predicted molar refractivity (Wildman–Crippen MR) is 146 cm³/mol. The summed E-state index contributed by atoms with van der Waals surface area (Å²) in [6.07, 6.45) is 3.51. The molecule has 0 amide bonds. The van der Waals surface area contributed by atoms with Crippen molar-refractivity contribution in [2.45, 2.75) is 45.5 Å². The molecule has 4 aromatic rings. The molecule has 0 spiro atoms. The quantitative estimate of drug-likeness (QED) is 0.138. The summed E-state index contributed by atoms with van der Waals surface area (Å²) < 4.78 is 33.1. The lowest BCUT2D eigenvalue weighted by Gasteiger charge is -2.17. The monoisotopic (exact) mass is 523 g/mol. The van der Waals surface area contributed by atoms with Gasteiger partial charge in [0.15, 0.2) is 0 Å². The Bertz CT molecular complexity index is 1370. The molecule has 0 radical (unpaired) electrons. The summed E-state index contributed by atoms with van der Waals surface area (Å²) in [7, 11) is 0. The number of nitrogens with zero attached hydrogens (tertiary/aromatic N) is 1. The molecule has 2 aromatic carbocycles. The normalized spacial score (nSPS) is 12.8. The molecule has 1 atom stereocenters. The Morgan fingerprint density at radius 1 is 1.19 bits per heavy atom. The van der Waals surface area contributed by atoms with Crippen molar-refractivity contribution in [2.75, 3.05) is 6.61 Å². The largest absolute Gasteiger partial charge is 0.591 e. The Labute approximate surface area is 218 Å². The standard InChI is InChI=1S/C28H29NO5S2/c1-5-32-26(30)15-20-8-6-7-9-25(20)34-17-19-12-21-10-11-33-27(21)24(13-19)22-14-23(35-18-22)16-29-36(31)28(2,3)4/h6-14,16,18H,5,15,17H2,1-4H3. The molecule has 2 heterocycles. The molecule has 0 saturated heterocycles. The molecule has 6 nitrogen and oxygen atoms in total. The number of carbonyl (C=O) groups excluding carboxylic acids is 1. The number of benzene rings is 2. The maximum Gasteiger partial charge on any atom is 0.310 e. The number of ether oxygens (including phenoxy) is 2. The van der Waals surface area contributed by atoms with Crippen LogP contribution in [0.4, 0.5) is 0 Å². The van der Waals surface area contributed by atoms with Crippen LogP contribution >= 0.6 is 11.3 Å². The van der Waals surface area contributed by atoms with Crippen molar-refractivity contribution in [3.8, 4) is 16.9 Å². The van der Waals surface area contributed by atoms with Gasteiger partial charge in [0.05, 0.1) is 30.4 Å². The van der Waals surface area contributed by atoms with Gasteiger partial charge in [-0.05, 0) is 74.5 Å². The fraction of sp³-hybridized carbons (Fsp3) is 0.286. The van der Waals surface area contributed by atoms with Gasteiger partial charge >= 0.3 is 5.97 Å². The summed E-state index contributed by atoms with van der Waals surface area (Å²) >= 11 is 0.227. The molecular formula is C28H29NO5S2. The van der Waals surface area contributed by atoms with E-state index in [0.717, 1.165) is 38.1 Å². The molecule has 1 unspecified atom stereocenters. The fourth-order valence-electron chi connectivity index (χ4n) is 3.58. The summed E-state index contributed by atoms with van der Waals surface area (Å²) in [4.78, 5) is 12.9. The smallest absolute Gasteiger partial charge is 0.310 e. The molecule has 0 aliphatic carbocycles. The van der Waals surface area contributed by atoms with Crippen LogP contribution in [0.15, 0.2) is 69.0 Å². The molecule has 0 fully saturated rings. The highest BCUT2D eigenvalue weighted by molar-refractivity contribution is 7.91. The van der Waals surface area contributed by atoms with Crippen LogP contribution in [0.3, 0.4) is 0 Å². The van der Waals surface area contributed by atoms with E-state index in [2.05, 4.69) is 10.5 Å². The molecule has 188 valence electrons. The van der Waals surface area contributed by atoms with Gasteiger partial charge in [0.1, 0.15) is 34.0 Å². The number of esters is 1. The Balaban J connectivity index is 1.56. The van der Waals surface area contributed by atoms with Crippen LogP contribution in [0.25, 0.3) is 22.1 Å². The first kappa shape index (κ1) is 26.0. The zero-order valence-electron chi connectivity index (χ0n) is 20.8. The Kier molecular flexibility index (Phi) is 8.18. The lowest BCUT2D eigenvalue weighted by molar-refractivity contribution is -0.142. The maximum atomic E-state index is 12.3. The Morgan fingerprint density at radius 2 is 2.00 bits per heavy atom. The molecule has 0 saturated carbocycles. The van der Waals surface area contributed by atoms with Crippen LogP contribution in [-0.4, -0.2) is 28.1 Å². The fourth-order valence-corrected chi connectivity index (χ4v) is 4.94. The highest BCUT2D eigenvalue weighted by atomic mass is 32.2. The second kappa shape index (κ2) is 11.3. The van der Waals surface area contributed by atoms with Crippen LogP contribution in [0.5, 0.6) is 5.75 Å². The van der Waals surface area contributed by atoms with Crippen molar-refractivity contribution in [1.29, 1.82) is 0 Å². The maximum absolute atomic E-state index is 12.3. The van der Waals surface area contributed by atoms with Gasteiger partial charge in [-0.25, -0.2) is 0 Å². The number of thiophene rings is 1. The lowest BCUT2D eigenvalue weighted by Crippen LogP contribution is -2.25. The van der Waals surface area contributed by atoms with Crippen LogP contribution in [-0.2, 0) is 33.9 Å². The van der Waals surface area contributed by atoms with Crippen molar-refractivity contribution in [2.24, 2.45) is 4.40 Å². The molecule has 0 bridgehead atoms. The number of carbonyl (C=O) groups is 1. The second-order valence-electron chi connectivity index (χ2n) is 9.19. The number of hydrogen-bond donors (Lipinski definition) is 0. The van der Waals surface area contributed by atoms with Gasteiger partial charge in [-0.1, -0.05) is 22.6 Å². The van der Waals surface area contributed by atoms with Crippen LogP contribution < -0.4 is 4.74 Å². The molecule has 2 aromatic heterocycles. The van der Waals surface area contributed by atoms with Crippen molar-refractivity contribution < 1.29 is 23.2 Å². The van der Waals surface area contributed by atoms with Gasteiger partial charge in [-0.2, -0.15) is 0 Å². The molecule has 0 N–H and O–H groups in total. The van der Waals surface area contributed by atoms with E-state index in [1.54, 1.807) is 19.4 Å². The van der Waals surface area contributed by atoms with E-state index in [1.807, 2.05) is 68.6 Å². The van der Waals surface area contributed by atoms with E-state index in [9.17, 15) is 9.35 Å². The number of fused-ring (bicyclic) bond motifs is 1. The van der Waals surface area contributed by atoms with E-state index in [4.69, 9.17) is 13.9 Å². The molecule has 0 aliphatic rings. The number of para-hydroxylation sites is 1. The van der Waals surface area contributed by atoms with E-state index >= 15 is 0 Å². The summed E-state index contributed by atoms with van der Waals surface area (Å²) in [5.41, 5.74) is 4.49. The summed E-state index contributed by atoms with van der Waals surface area (Å²) in [5, 5.41) is 3.01. The zero-order valence-corrected chi connectivity index (χ0v) is 22.4. The van der Waals surface area contributed by atoms with E-state index in [1.165, 1.54) is 11.3 Å². The van der Waals surface area contributed by atoms with Gasteiger partial charge in [-0.15, -0.1) is 11.3 Å². The average Bonchev–Trinajstić information content (AvgIpc) is 3.50. The van der Waals surface area contributed by atoms with Gasteiger partial charge in [-0.3, -0.25) is 4.79 Å². The van der Waals surface area contributed by atoms with E-state index in [0.29, 0.717) is 19.0 Å². The van der Waals surface area contributed by atoms with Crippen molar-refractivity contribution in [3.05, 3.63) is 76.2 Å². The molecule has 8 heteroatoms. The first-order chi connectivity index (χ1) is 17.2. The molecule has 0 aliphatic heterocycles. The minimum Gasteiger partial charge on any atom is -0.591 e. The van der Waals surface area contributed by atoms with Crippen molar-refractivity contribution in [3.63, 3.8) is 0 Å². The molecular weight excluding hydrogens is 494 g/mol. The highest BCUT2D eigenvalue weighted by Crippen LogP contribution is 2.34. The lowest BCUT2D eigenvalue weighted by atomic mass is 10.0. The van der Waals surface area contributed by atoms with E-state index in [-0.39, 0.29) is 12.4 Å². The third-order valence-electron chi connectivity index (χ3n) is 5.35. The van der Waals surface area contributed by atoms with Gasteiger partial charge < -0.3 is 18.4 Å². The first-order valence-electron chi connectivity index (χ1n) is 11.7. The number of furan rings is 1. The van der Waals surface area contributed by atoms with Crippen LogP contribution in [0, 0.1) is 0 Å². The van der Waals surface area contributed by atoms with Gasteiger partial charge in [0.25, 0.3) is 0 Å². The number of rotatable bonds is 9. The van der Waals surface area contributed by atoms with Crippen LogP contribution in [0.1, 0.15) is 43.7 Å². The summed E-state index contributed by atoms with van der Waals surface area (Å²) in [6, 6.07) is 15.5. The third-order valence-corrected chi connectivity index (χ3v) is 7.56.